The normalized spacial score (nSPS) is 32.9. The summed E-state index contributed by atoms with van der Waals surface area (Å²) in [6.07, 6.45) is 12.8. The smallest absolute Gasteiger partial charge is 0.0278 e. The second-order valence-electron chi connectivity index (χ2n) is 4.93. The Bertz CT molecular complexity index is 205. The van der Waals surface area contributed by atoms with E-state index < -0.39 is 0 Å². The van der Waals surface area contributed by atoms with E-state index in [4.69, 9.17) is 0 Å². The van der Waals surface area contributed by atoms with Crippen LogP contribution in [0.15, 0.2) is 12.2 Å². The molecule has 1 aliphatic carbocycles. The first-order chi connectivity index (χ1) is 7.38. The Labute approximate surface area is 93.7 Å². The Hall–Kier alpha value is -0.340. The summed E-state index contributed by atoms with van der Waals surface area (Å²) in [6.45, 7) is 2.41. The quantitative estimate of drug-likeness (QED) is 0.700. The summed E-state index contributed by atoms with van der Waals surface area (Å²) in [4.78, 5) is 2.61. The predicted molar refractivity (Wildman–Crippen MR) is 65.1 cm³/mol. The van der Waals surface area contributed by atoms with Crippen LogP contribution in [0.3, 0.4) is 0 Å². The van der Waals surface area contributed by atoms with E-state index in [1.807, 2.05) is 0 Å². The lowest BCUT2D eigenvalue weighted by atomic mass is 9.98. The summed E-state index contributed by atoms with van der Waals surface area (Å²) in [5.41, 5.74) is 0. The van der Waals surface area contributed by atoms with Crippen LogP contribution >= 0.6 is 0 Å². The molecule has 0 spiro atoms. The number of nitrogens with zero attached hydrogens (tertiary/aromatic N) is 1. The molecule has 2 heteroatoms. The molecule has 1 saturated heterocycles. The van der Waals surface area contributed by atoms with Crippen LogP contribution < -0.4 is 5.32 Å². The summed E-state index contributed by atoms with van der Waals surface area (Å²) in [6, 6.07) is 1.51. The van der Waals surface area contributed by atoms with Crippen molar-refractivity contribution in [1.29, 1.82) is 0 Å². The van der Waals surface area contributed by atoms with Crippen LogP contribution in [0.1, 0.15) is 38.5 Å². The number of hydrogen-bond donors (Lipinski definition) is 1. The van der Waals surface area contributed by atoms with Crippen LogP contribution in [0.5, 0.6) is 0 Å². The highest BCUT2D eigenvalue weighted by molar-refractivity contribution is 4.99. The third-order valence-electron chi connectivity index (χ3n) is 3.87. The third-order valence-corrected chi connectivity index (χ3v) is 3.87. The van der Waals surface area contributed by atoms with Gasteiger partial charge in [0.15, 0.2) is 0 Å². The number of rotatable bonds is 2. The van der Waals surface area contributed by atoms with E-state index in [0.717, 1.165) is 6.04 Å². The van der Waals surface area contributed by atoms with Crippen molar-refractivity contribution in [3.05, 3.63) is 12.2 Å². The largest absolute Gasteiger partial charge is 0.317 e. The maximum atomic E-state index is 3.49. The van der Waals surface area contributed by atoms with Gasteiger partial charge in [-0.25, -0.2) is 0 Å². The molecule has 1 aliphatic heterocycles. The lowest BCUT2D eigenvalue weighted by Gasteiger charge is -2.34. The summed E-state index contributed by atoms with van der Waals surface area (Å²) < 4.78 is 0. The summed E-state index contributed by atoms with van der Waals surface area (Å²) >= 11 is 0. The van der Waals surface area contributed by atoms with Crippen molar-refractivity contribution in [1.82, 2.24) is 10.2 Å². The Morgan fingerprint density at radius 3 is 2.87 bits per heavy atom. The monoisotopic (exact) mass is 208 g/mol. The summed E-state index contributed by atoms with van der Waals surface area (Å²) in [5, 5.41) is 3.49. The van der Waals surface area contributed by atoms with Gasteiger partial charge in [-0.1, -0.05) is 12.2 Å². The molecule has 0 aromatic carbocycles. The molecule has 2 unspecified atom stereocenters. The molecule has 15 heavy (non-hydrogen) atoms. The van der Waals surface area contributed by atoms with E-state index >= 15 is 0 Å². The van der Waals surface area contributed by atoms with Crippen molar-refractivity contribution in [3.63, 3.8) is 0 Å². The van der Waals surface area contributed by atoms with Gasteiger partial charge < -0.3 is 5.32 Å². The van der Waals surface area contributed by atoms with E-state index in [0.29, 0.717) is 6.04 Å². The van der Waals surface area contributed by atoms with Crippen molar-refractivity contribution in [2.75, 3.05) is 20.1 Å². The maximum absolute atomic E-state index is 3.49. The second kappa shape index (κ2) is 5.66. The molecular weight excluding hydrogens is 184 g/mol. The van der Waals surface area contributed by atoms with Crippen molar-refractivity contribution in [2.24, 2.45) is 0 Å². The standard InChI is InChI=1S/C13H24N2/c1-15(12-6-3-2-4-7-12)13-8-5-10-14-11-9-13/h3,6,12-14H,2,4-5,7-11H2,1H3. The zero-order valence-corrected chi connectivity index (χ0v) is 9.91. The third kappa shape index (κ3) is 3.05. The van der Waals surface area contributed by atoms with Gasteiger partial charge in [-0.05, 0) is 58.7 Å². The number of likely N-dealkylation sites (N-methyl/N-ethyl adjacent to an activating group) is 1. The topological polar surface area (TPSA) is 15.3 Å². The number of nitrogens with one attached hydrogen (secondary N) is 1. The van der Waals surface area contributed by atoms with Gasteiger partial charge in [-0.2, -0.15) is 0 Å². The van der Waals surface area contributed by atoms with Crippen molar-refractivity contribution in [3.8, 4) is 0 Å². The SMILES string of the molecule is CN(C1C=CCCC1)C1CCCNCC1. The molecule has 0 aromatic heterocycles. The summed E-state index contributed by atoms with van der Waals surface area (Å²) in [5.74, 6) is 0. The first kappa shape index (κ1) is 11.2. The summed E-state index contributed by atoms with van der Waals surface area (Å²) in [7, 11) is 2.32. The van der Waals surface area contributed by atoms with E-state index in [2.05, 4.69) is 29.4 Å². The lowest BCUT2D eigenvalue weighted by molar-refractivity contribution is 0.175. The van der Waals surface area contributed by atoms with E-state index in [1.54, 1.807) is 0 Å². The minimum atomic E-state index is 0.710. The highest BCUT2D eigenvalue weighted by Gasteiger charge is 2.22. The van der Waals surface area contributed by atoms with Crippen LogP contribution in [0.25, 0.3) is 0 Å². The van der Waals surface area contributed by atoms with Crippen molar-refractivity contribution >= 4 is 0 Å². The molecule has 2 aliphatic rings. The Balaban J connectivity index is 1.89. The van der Waals surface area contributed by atoms with Gasteiger partial charge in [-0.3, -0.25) is 4.90 Å². The highest BCUT2D eigenvalue weighted by atomic mass is 15.2. The molecule has 1 heterocycles. The van der Waals surface area contributed by atoms with Crippen molar-refractivity contribution < 1.29 is 0 Å². The molecule has 0 radical (unpaired) electrons. The van der Waals surface area contributed by atoms with Gasteiger partial charge in [-0.15, -0.1) is 0 Å². The van der Waals surface area contributed by atoms with E-state index in [9.17, 15) is 0 Å². The van der Waals surface area contributed by atoms with Gasteiger partial charge in [0.25, 0.3) is 0 Å². The average Bonchev–Trinajstić information content (AvgIpc) is 2.58. The van der Waals surface area contributed by atoms with Gasteiger partial charge in [0.2, 0.25) is 0 Å². The molecule has 1 fully saturated rings. The fourth-order valence-corrected chi connectivity index (χ4v) is 2.81. The van der Waals surface area contributed by atoms with E-state index in [1.165, 1.54) is 51.6 Å². The van der Waals surface area contributed by atoms with Gasteiger partial charge in [0, 0.05) is 12.1 Å². The fraction of sp³-hybridized carbons (Fsp3) is 0.846. The number of hydrogen-bond acceptors (Lipinski definition) is 2. The van der Waals surface area contributed by atoms with Crippen LogP contribution in [0.2, 0.25) is 0 Å². The van der Waals surface area contributed by atoms with Gasteiger partial charge >= 0.3 is 0 Å². The van der Waals surface area contributed by atoms with Crippen LogP contribution in [-0.4, -0.2) is 37.1 Å². The Morgan fingerprint density at radius 2 is 2.07 bits per heavy atom. The van der Waals surface area contributed by atoms with Gasteiger partial charge in [0.1, 0.15) is 0 Å². The molecule has 0 aromatic rings. The molecule has 86 valence electrons. The van der Waals surface area contributed by atoms with Crippen LogP contribution in [0.4, 0.5) is 0 Å². The molecule has 1 N–H and O–H groups in total. The zero-order chi connectivity index (χ0) is 10.5. The van der Waals surface area contributed by atoms with Crippen molar-refractivity contribution in [2.45, 2.75) is 50.6 Å². The molecule has 0 amide bonds. The van der Waals surface area contributed by atoms with Crippen LogP contribution in [-0.2, 0) is 0 Å². The molecule has 0 bridgehead atoms. The maximum Gasteiger partial charge on any atom is 0.0278 e. The minimum Gasteiger partial charge on any atom is -0.317 e. The molecule has 2 atom stereocenters. The minimum absolute atomic E-state index is 0.710. The number of allylic oxidation sites excluding steroid dienone is 1. The Kier molecular flexibility index (Phi) is 4.21. The van der Waals surface area contributed by atoms with Crippen LogP contribution in [0, 0.1) is 0 Å². The molecule has 2 rings (SSSR count). The van der Waals surface area contributed by atoms with E-state index in [-0.39, 0.29) is 0 Å². The first-order valence-corrected chi connectivity index (χ1v) is 6.47. The second-order valence-corrected chi connectivity index (χ2v) is 4.93. The highest BCUT2D eigenvalue weighted by Crippen LogP contribution is 2.21. The average molecular weight is 208 g/mol. The Morgan fingerprint density at radius 1 is 1.13 bits per heavy atom. The fourth-order valence-electron chi connectivity index (χ4n) is 2.81. The predicted octanol–water partition coefficient (Wildman–Crippen LogP) is 2.17. The zero-order valence-electron chi connectivity index (χ0n) is 9.91. The molecule has 0 saturated carbocycles. The molecular formula is C13H24N2. The first-order valence-electron chi connectivity index (χ1n) is 6.47. The van der Waals surface area contributed by atoms with Gasteiger partial charge in [0.05, 0.1) is 0 Å². The molecule has 2 nitrogen and oxygen atoms in total. The lowest BCUT2D eigenvalue weighted by Crippen LogP contribution is -2.40.